The third-order valence-corrected chi connectivity index (χ3v) is 6.49. The van der Waals surface area contributed by atoms with E-state index in [9.17, 15) is 21.6 Å². The number of fused-ring (bicyclic) bond motifs is 1. The number of nitrogens with one attached hydrogen (secondary N) is 3. The maximum atomic E-state index is 13.2. The molecule has 3 aromatic rings. The van der Waals surface area contributed by atoms with Crippen molar-refractivity contribution in [1.82, 2.24) is 14.9 Å². The topological polar surface area (TPSA) is 174 Å². The Kier molecular flexibility index (Phi) is 7.21. The summed E-state index contributed by atoms with van der Waals surface area (Å²) in [5, 5.41) is 3.95. The Morgan fingerprint density at radius 3 is 2.41 bits per heavy atom. The maximum Gasteiger partial charge on any atom is 0.447 e. The van der Waals surface area contributed by atoms with Crippen LogP contribution >= 0.6 is 0 Å². The van der Waals surface area contributed by atoms with E-state index in [1.165, 1.54) is 6.07 Å². The summed E-state index contributed by atoms with van der Waals surface area (Å²) in [4.78, 5) is 24.1. The Hall–Kier alpha value is -3.56. The molecule has 0 saturated carbocycles. The number of H-pyrrole nitrogens is 1. The number of carbonyl (C=O) groups is 1. The van der Waals surface area contributed by atoms with Gasteiger partial charge in [-0.2, -0.15) is 13.4 Å². The molecule has 0 unspecified atom stereocenters. The molecule has 0 bridgehead atoms. The SMILES string of the molecule is CC(C)Nc1ccc(OS(=O)(=O)O)nc1N1CCN(C(=O)c2cc3cc(NS(C)(=O)=O)ccc3[nH]2)CC1. The fourth-order valence-electron chi connectivity index (χ4n) is 4.07. The van der Waals surface area contributed by atoms with Crippen LogP contribution in [0.3, 0.4) is 0 Å². The number of benzene rings is 1. The lowest BCUT2D eigenvalue weighted by Crippen LogP contribution is -2.49. The van der Waals surface area contributed by atoms with Crippen molar-refractivity contribution in [2.24, 2.45) is 0 Å². The standard InChI is InChI=1S/C22H28N6O7S2/c1-14(2)23-18-6-7-20(35-37(32,33)34)25-21(18)27-8-10-28(11-9-27)22(29)19-13-15-12-16(26-36(3,30)31)4-5-17(15)24-19/h4-7,12-14,23-24,26H,8-11H2,1-3H3,(H,32,33,34). The maximum absolute atomic E-state index is 13.2. The molecule has 1 saturated heterocycles. The number of nitrogens with zero attached hydrogens (tertiary/aromatic N) is 3. The van der Waals surface area contributed by atoms with Crippen LogP contribution in [0.5, 0.6) is 5.88 Å². The number of aromatic nitrogens is 2. The van der Waals surface area contributed by atoms with E-state index in [0.717, 1.165) is 6.26 Å². The molecule has 4 N–H and O–H groups in total. The zero-order valence-electron chi connectivity index (χ0n) is 20.4. The van der Waals surface area contributed by atoms with Gasteiger partial charge in [-0.15, -0.1) is 0 Å². The van der Waals surface area contributed by atoms with Crippen LogP contribution < -0.4 is 19.1 Å². The van der Waals surface area contributed by atoms with Gasteiger partial charge in [0.1, 0.15) is 5.69 Å². The lowest BCUT2D eigenvalue weighted by Gasteiger charge is -2.36. The summed E-state index contributed by atoms with van der Waals surface area (Å²) in [6, 6.07) is 9.69. The zero-order chi connectivity index (χ0) is 27.0. The zero-order valence-corrected chi connectivity index (χ0v) is 22.1. The third-order valence-electron chi connectivity index (χ3n) is 5.51. The molecule has 4 rings (SSSR count). The van der Waals surface area contributed by atoms with E-state index in [2.05, 4.69) is 24.2 Å². The van der Waals surface area contributed by atoms with Crippen molar-refractivity contribution in [2.45, 2.75) is 19.9 Å². The molecule has 0 spiro atoms. The van der Waals surface area contributed by atoms with Crippen molar-refractivity contribution >= 4 is 54.4 Å². The van der Waals surface area contributed by atoms with E-state index in [4.69, 9.17) is 4.55 Å². The molecule has 1 aromatic carbocycles. The predicted octanol–water partition coefficient (Wildman–Crippen LogP) is 1.90. The van der Waals surface area contributed by atoms with Crippen LogP contribution in [0.15, 0.2) is 36.4 Å². The van der Waals surface area contributed by atoms with Crippen molar-refractivity contribution < 1.29 is 30.4 Å². The molecule has 200 valence electrons. The van der Waals surface area contributed by atoms with Gasteiger partial charge in [0.05, 0.1) is 11.9 Å². The first-order valence-corrected chi connectivity index (χ1v) is 14.6. The van der Waals surface area contributed by atoms with Crippen molar-refractivity contribution in [3.05, 3.63) is 42.1 Å². The molecular weight excluding hydrogens is 524 g/mol. The quantitative estimate of drug-likeness (QED) is 0.302. The van der Waals surface area contributed by atoms with Gasteiger partial charge in [0, 0.05) is 54.9 Å². The number of piperazine rings is 1. The second kappa shape index (κ2) is 10.1. The van der Waals surface area contributed by atoms with Crippen LogP contribution in [0, 0.1) is 0 Å². The van der Waals surface area contributed by atoms with Crippen molar-refractivity contribution in [3.8, 4) is 5.88 Å². The summed E-state index contributed by atoms with van der Waals surface area (Å²) >= 11 is 0. The molecule has 2 aromatic heterocycles. The lowest BCUT2D eigenvalue weighted by atomic mass is 10.2. The van der Waals surface area contributed by atoms with Gasteiger partial charge in [0.2, 0.25) is 15.9 Å². The van der Waals surface area contributed by atoms with E-state index in [1.807, 2.05) is 18.7 Å². The minimum atomic E-state index is -4.73. The van der Waals surface area contributed by atoms with Crippen LogP contribution in [-0.4, -0.2) is 80.6 Å². The number of hydrogen-bond acceptors (Lipinski definition) is 9. The summed E-state index contributed by atoms with van der Waals surface area (Å²) in [5.41, 5.74) is 2.14. The Morgan fingerprint density at radius 2 is 1.78 bits per heavy atom. The van der Waals surface area contributed by atoms with Gasteiger partial charge in [0.25, 0.3) is 5.91 Å². The van der Waals surface area contributed by atoms with Crippen LogP contribution in [0.25, 0.3) is 10.9 Å². The Labute approximate surface area is 214 Å². The molecular formula is C22H28N6O7S2. The van der Waals surface area contributed by atoms with Gasteiger partial charge in [-0.05, 0) is 44.2 Å². The molecule has 1 aliphatic rings. The number of aromatic amines is 1. The van der Waals surface area contributed by atoms with Crippen LogP contribution in [0.4, 0.5) is 17.2 Å². The van der Waals surface area contributed by atoms with Crippen LogP contribution in [0.2, 0.25) is 0 Å². The van der Waals surface area contributed by atoms with Gasteiger partial charge in [-0.3, -0.25) is 14.1 Å². The molecule has 3 heterocycles. The first kappa shape index (κ1) is 26.5. The number of carbonyl (C=O) groups excluding carboxylic acids is 1. The third kappa shape index (κ3) is 6.81. The van der Waals surface area contributed by atoms with Gasteiger partial charge < -0.3 is 24.3 Å². The van der Waals surface area contributed by atoms with Gasteiger partial charge in [0.15, 0.2) is 5.82 Å². The van der Waals surface area contributed by atoms with E-state index < -0.39 is 20.4 Å². The number of sulfonamides is 1. The van der Waals surface area contributed by atoms with Gasteiger partial charge in [-0.1, -0.05) is 0 Å². The molecule has 1 fully saturated rings. The summed E-state index contributed by atoms with van der Waals surface area (Å²) in [6.45, 7) is 5.49. The molecule has 1 aliphatic heterocycles. The minimum absolute atomic E-state index is 0.0759. The Bertz CT molecular complexity index is 1530. The fourth-order valence-corrected chi connectivity index (χ4v) is 4.93. The molecule has 15 heteroatoms. The highest BCUT2D eigenvalue weighted by Gasteiger charge is 2.26. The monoisotopic (exact) mass is 552 g/mol. The Balaban J connectivity index is 1.49. The number of pyridine rings is 1. The number of anilines is 3. The predicted molar refractivity (Wildman–Crippen MR) is 140 cm³/mol. The fraction of sp³-hybridized carbons (Fsp3) is 0.364. The largest absolute Gasteiger partial charge is 0.447 e. The molecule has 1 amide bonds. The van der Waals surface area contributed by atoms with Gasteiger partial charge >= 0.3 is 10.4 Å². The van der Waals surface area contributed by atoms with Crippen molar-refractivity contribution in [2.75, 3.05) is 47.4 Å². The van der Waals surface area contributed by atoms with E-state index in [-0.39, 0.29) is 17.8 Å². The summed E-state index contributed by atoms with van der Waals surface area (Å²) < 4.78 is 61.2. The highest BCUT2D eigenvalue weighted by Crippen LogP contribution is 2.29. The van der Waals surface area contributed by atoms with E-state index in [0.29, 0.717) is 60.0 Å². The molecule has 0 aliphatic carbocycles. The normalized spacial score (nSPS) is 14.7. The van der Waals surface area contributed by atoms with Gasteiger partial charge in [-0.25, -0.2) is 8.42 Å². The van der Waals surface area contributed by atoms with Crippen LogP contribution in [0.1, 0.15) is 24.3 Å². The van der Waals surface area contributed by atoms with Crippen molar-refractivity contribution in [1.29, 1.82) is 0 Å². The highest BCUT2D eigenvalue weighted by atomic mass is 32.3. The Morgan fingerprint density at radius 1 is 1.08 bits per heavy atom. The lowest BCUT2D eigenvalue weighted by molar-refractivity contribution is 0.0741. The smallest absolute Gasteiger partial charge is 0.380 e. The summed E-state index contributed by atoms with van der Waals surface area (Å²) in [6.07, 6.45) is 1.07. The van der Waals surface area contributed by atoms with E-state index in [1.54, 1.807) is 35.2 Å². The van der Waals surface area contributed by atoms with Crippen molar-refractivity contribution in [3.63, 3.8) is 0 Å². The molecule has 0 radical (unpaired) electrons. The highest BCUT2D eigenvalue weighted by molar-refractivity contribution is 7.92. The average molecular weight is 553 g/mol. The molecule has 13 nitrogen and oxygen atoms in total. The number of rotatable bonds is 8. The van der Waals surface area contributed by atoms with E-state index >= 15 is 0 Å². The molecule has 37 heavy (non-hydrogen) atoms. The summed E-state index contributed by atoms with van der Waals surface area (Å²) in [5.74, 6) is -0.0306. The first-order chi connectivity index (χ1) is 17.3. The first-order valence-electron chi connectivity index (χ1n) is 11.4. The minimum Gasteiger partial charge on any atom is -0.380 e. The molecule has 0 atom stereocenters. The van der Waals surface area contributed by atoms with Crippen LogP contribution in [-0.2, 0) is 20.4 Å². The summed E-state index contributed by atoms with van der Waals surface area (Å²) in [7, 11) is -8.15. The number of amides is 1. The second-order valence-corrected chi connectivity index (χ2v) is 11.7. The average Bonchev–Trinajstić information content (AvgIpc) is 3.21. The number of hydrogen-bond donors (Lipinski definition) is 4. The second-order valence-electron chi connectivity index (χ2n) is 8.97.